The molecule has 29 heavy (non-hydrogen) atoms. The first-order valence-electron chi connectivity index (χ1n) is 11.0. The Balaban J connectivity index is 1.57. The average Bonchev–Trinajstić information content (AvgIpc) is 2.76. The fourth-order valence-corrected chi connectivity index (χ4v) is 4.30. The smallest absolute Gasteiger partial charge is 0.314 e. The first-order chi connectivity index (χ1) is 14.1. The number of benzene rings is 2. The van der Waals surface area contributed by atoms with E-state index in [0.717, 1.165) is 50.5 Å². The van der Waals surface area contributed by atoms with Gasteiger partial charge in [-0.15, -0.1) is 0 Å². The van der Waals surface area contributed by atoms with Crippen molar-refractivity contribution < 1.29 is 9.53 Å². The summed E-state index contributed by atoms with van der Waals surface area (Å²) in [5.74, 6) is 0.651. The van der Waals surface area contributed by atoms with Crippen LogP contribution in [0.3, 0.4) is 0 Å². The van der Waals surface area contributed by atoms with Crippen molar-refractivity contribution in [3.8, 4) is 11.8 Å². The topological polar surface area (TPSA) is 50.1 Å². The molecule has 1 fully saturated rings. The van der Waals surface area contributed by atoms with Crippen LogP contribution in [0.4, 0.5) is 0 Å². The maximum absolute atomic E-state index is 12.7. The van der Waals surface area contributed by atoms with E-state index in [1.54, 1.807) is 6.07 Å². The van der Waals surface area contributed by atoms with Gasteiger partial charge in [0.15, 0.2) is 0 Å². The molecule has 152 valence electrons. The van der Waals surface area contributed by atoms with Crippen LogP contribution in [0.1, 0.15) is 80.5 Å². The van der Waals surface area contributed by atoms with Crippen LogP contribution in [0, 0.1) is 17.2 Å². The molecule has 0 heterocycles. The van der Waals surface area contributed by atoms with Crippen LogP contribution in [0.15, 0.2) is 42.5 Å². The number of carbonyl (C=O) groups excluding carboxylic acids is 1. The largest absolute Gasteiger partial charge is 0.425 e. The van der Waals surface area contributed by atoms with E-state index in [1.807, 2.05) is 12.1 Å². The van der Waals surface area contributed by atoms with Crippen molar-refractivity contribution in [3.05, 3.63) is 64.7 Å². The normalized spacial score (nSPS) is 18.8. The minimum absolute atomic E-state index is 0.0764. The second-order valence-electron chi connectivity index (χ2n) is 8.15. The summed E-state index contributed by atoms with van der Waals surface area (Å²) in [5.41, 5.74) is 4.33. The number of nitriles is 1. The molecule has 0 aliphatic heterocycles. The van der Waals surface area contributed by atoms with Crippen molar-refractivity contribution in [2.75, 3.05) is 0 Å². The highest BCUT2D eigenvalue weighted by molar-refractivity contribution is 5.76. The second-order valence-corrected chi connectivity index (χ2v) is 8.15. The molecule has 0 radical (unpaired) electrons. The Labute approximate surface area is 174 Å². The standard InChI is InChI=1S/C26H31NO2/c1-3-5-19-7-10-21(11-8-19)22-12-14-23(15-13-22)26(28)29-25-16-9-20(6-4-2)17-24(25)18-27/h7-11,16-17,22-23H,3-6,12-15H2,1-2H3. The van der Waals surface area contributed by atoms with Gasteiger partial charge in [-0.1, -0.05) is 57.0 Å². The van der Waals surface area contributed by atoms with Crippen LogP contribution >= 0.6 is 0 Å². The predicted octanol–water partition coefficient (Wildman–Crippen LogP) is 6.34. The minimum atomic E-state index is -0.193. The van der Waals surface area contributed by atoms with Gasteiger partial charge >= 0.3 is 5.97 Å². The summed E-state index contributed by atoms with van der Waals surface area (Å²) in [4.78, 5) is 12.7. The third kappa shape index (κ3) is 5.48. The lowest BCUT2D eigenvalue weighted by molar-refractivity contribution is -0.140. The molecule has 1 aliphatic carbocycles. The lowest BCUT2D eigenvalue weighted by atomic mass is 9.78. The third-order valence-corrected chi connectivity index (χ3v) is 5.96. The van der Waals surface area contributed by atoms with E-state index in [9.17, 15) is 10.1 Å². The number of hydrogen-bond donors (Lipinski definition) is 0. The fraction of sp³-hybridized carbons (Fsp3) is 0.462. The van der Waals surface area contributed by atoms with Crippen molar-refractivity contribution in [2.24, 2.45) is 5.92 Å². The first kappa shape index (κ1) is 21.1. The molecule has 3 heteroatoms. The van der Waals surface area contributed by atoms with E-state index in [1.165, 1.54) is 17.5 Å². The van der Waals surface area contributed by atoms with Gasteiger partial charge in [0.05, 0.1) is 11.5 Å². The van der Waals surface area contributed by atoms with Crippen molar-refractivity contribution in [2.45, 2.75) is 71.1 Å². The fourth-order valence-electron chi connectivity index (χ4n) is 4.30. The van der Waals surface area contributed by atoms with Crippen molar-refractivity contribution in [1.29, 1.82) is 5.26 Å². The Kier molecular flexibility index (Phi) is 7.47. The average molecular weight is 390 g/mol. The van der Waals surface area contributed by atoms with Crippen LogP contribution < -0.4 is 4.74 Å². The van der Waals surface area contributed by atoms with Gasteiger partial charge in [0.2, 0.25) is 0 Å². The molecule has 0 unspecified atom stereocenters. The molecule has 3 rings (SSSR count). The first-order valence-corrected chi connectivity index (χ1v) is 11.0. The molecule has 0 bridgehead atoms. The number of ether oxygens (including phenoxy) is 1. The lowest BCUT2D eigenvalue weighted by Crippen LogP contribution is -2.25. The van der Waals surface area contributed by atoms with Gasteiger partial charge in [0, 0.05) is 0 Å². The molecular weight excluding hydrogens is 358 g/mol. The van der Waals surface area contributed by atoms with Crippen molar-refractivity contribution >= 4 is 5.97 Å². The van der Waals surface area contributed by atoms with Crippen LogP contribution in [-0.4, -0.2) is 5.97 Å². The van der Waals surface area contributed by atoms with Crippen LogP contribution in [-0.2, 0) is 17.6 Å². The van der Waals surface area contributed by atoms with Crippen molar-refractivity contribution in [1.82, 2.24) is 0 Å². The Hall–Kier alpha value is -2.60. The molecule has 2 aromatic carbocycles. The van der Waals surface area contributed by atoms with Gasteiger partial charge in [-0.2, -0.15) is 5.26 Å². The summed E-state index contributed by atoms with van der Waals surface area (Å²) in [5, 5.41) is 9.41. The number of carbonyl (C=O) groups is 1. The molecular formula is C26H31NO2. The number of esters is 1. The number of aryl methyl sites for hydroxylation is 2. The lowest BCUT2D eigenvalue weighted by Gasteiger charge is -2.27. The van der Waals surface area contributed by atoms with Gasteiger partial charge in [0.25, 0.3) is 0 Å². The summed E-state index contributed by atoms with van der Waals surface area (Å²) in [7, 11) is 0. The van der Waals surface area contributed by atoms with E-state index in [4.69, 9.17) is 4.74 Å². The summed E-state index contributed by atoms with van der Waals surface area (Å²) < 4.78 is 5.63. The maximum Gasteiger partial charge on any atom is 0.314 e. The Bertz CT molecular complexity index is 855. The molecule has 0 spiro atoms. The van der Waals surface area contributed by atoms with Gasteiger partial charge < -0.3 is 4.74 Å². The molecule has 0 N–H and O–H groups in total. The highest BCUT2D eigenvalue weighted by Gasteiger charge is 2.29. The van der Waals surface area contributed by atoms with Crippen LogP contribution in [0.25, 0.3) is 0 Å². The maximum atomic E-state index is 12.7. The summed E-state index contributed by atoms with van der Waals surface area (Å²) in [6.45, 7) is 4.31. The number of nitrogens with zero attached hydrogens (tertiary/aromatic N) is 1. The highest BCUT2D eigenvalue weighted by Crippen LogP contribution is 2.36. The van der Waals surface area contributed by atoms with Crippen LogP contribution in [0.2, 0.25) is 0 Å². The molecule has 3 nitrogen and oxygen atoms in total. The second kappa shape index (κ2) is 10.3. The molecule has 0 aromatic heterocycles. The Morgan fingerprint density at radius 1 is 0.966 bits per heavy atom. The SMILES string of the molecule is CCCc1ccc(C2CCC(C(=O)Oc3ccc(CCC)cc3C#N)CC2)cc1. The monoisotopic (exact) mass is 389 g/mol. The molecule has 0 atom stereocenters. The minimum Gasteiger partial charge on any atom is -0.425 e. The molecule has 0 amide bonds. The van der Waals surface area contributed by atoms with Gasteiger partial charge in [-0.05, 0) is 73.3 Å². The number of hydrogen-bond acceptors (Lipinski definition) is 3. The third-order valence-electron chi connectivity index (χ3n) is 5.96. The molecule has 0 saturated heterocycles. The molecule has 2 aromatic rings. The molecule has 1 aliphatic rings. The summed E-state index contributed by atoms with van der Waals surface area (Å²) in [6.07, 6.45) is 7.94. The molecule has 1 saturated carbocycles. The van der Waals surface area contributed by atoms with Gasteiger partial charge in [-0.3, -0.25) is 4.79 Å². The quantitative estimate of drug-likeness (QED) is 0.410. The van der Waals surface area contributed by atoms with E-state index < -0.39 is 0 Å². The van der Waals surface area contributed by atoms with Crippen molar-refractivity contribution in [3.63, 3.8) is 0 Å². The highest BCUT2D eigenvalue weighted by atomic mass is 16.5. The Morgan fingerprint density at radius 2 is 1.59 bits per heavy atom. The summed E-state index contributed by atoms with van der Waals surface area (Å²) >= 11 is 0. The van der Waals surface area contributed by atoms with Crippen LogP contribution in [0.5, 0.6) is 5.75 Å². The van der Waals surface area contributed by atoms with E-state index in [0.29, 0.717) is 17.2 Å². The number of rotatable bonds is 7. The zero-order valence-electron chi connectivity index (χ0n) is 17.6. The predicted molar refractivity (Wildman–Crippen MR) is 116 cm³/mol. The van der Waals surface area contributed by atoms with E-state index in [-0.39, 0.29) is 11.9 Å². The van der Waals surface area contributed by atoms with E-state index in [2.05, 4.69) is 44.2 Å². The van der Waals surface area contributed by atoms with E-state index >= 15 is 0 Å². The van der Waals surface area contributed by atoms with Gasteiger partial charge in [-0.25, -0.2) is 0 Å². The van der Waals surface area contributed by atoms with Gasteiger partial charge in [0.1, 0.15) is 11.8 Å². The zero-order chi connectivity index (χ0) is 20.6. The summed E-state index contributed by atoms with van der Waals surface area (Å²) in [6, 6.07) is 16.7. The zero-order valence-corrected chi connectivity index (χ0v) is 17.6. The Morgan fingerprint density at radius 3 is 2.21 bits per heavy atom.